The Kier molecular flexibility index (Phi) is 6.03. The number of benzene rings is 2. The highest BCUT2D eigenvalue weighted by molar-refractivity contribution is 6.33. The zero-order valence-electron chi connectivity index (χ0n) is 14.4. The minimum absolute atomic E-state index is 0.0500. The molecule has 0 aliphatic rings. The highest BCUT2D eigenvalue weighted by Crippen LogP contribution is 2.20. The molecule has 0 fully saturated rings. The lowest BCUT2D eigenvalue weighted by Crippen LogP contribution is -2.16. The first kappa shape index (κ1) is 19.1. The molecule has 1 aromatic heterocycles. The molecule has 28 heavy (non-hydrogen) atoms. The minimum atomic E-state index is -0.580. The number of nitro groups is 1. The van der Waals surface area contributed by atoms with Gasteiger partial charge in [-0.15, -0.1) is 0 Å². The van der Waals surface area contributed by atoms with E-state index in [1.54, 1.807) is 6.07 Å². The van der Waals surface area contributed by atoms with Crippen molar-refractivity contribution in [1.82, 2.24) is 5.43 Å². The third-order valence-corrected chi connectivity index (χ3v) is 3.91. The number of carbonyl (C=O) groups excluding carboxylic acids is 1. The number of halogens is 1. The maximum Gasteiger partial charge on any atom is 0.307 e. The van der Waals surface area contributed by atoms with Crippen molar-refractivity contribution >= 4 is 29.4 Å². The highest BCUT2D eigenvalue weighted by atomic mass is 35.5. The molecule has 2 aromatic carbocycles. The van der Waals surface area contributed by atoms with E-state index in [0.717, 1.165) is 0 Å². The van der Waals surface area contributed by atoms with Gasteiger partial charge in [0.05, 0.1) is 11.1 Å². The lowest BCUT2D eigenvalue weighted by atomic mass is 10.2. The van der Waals surface area contributed by atoms with Crippen LogP contribution in [0.5, 0.6) is 5.75 Å². The van der Waals surface area contributed by atoms with Gasteiger partial charge < -0.3 is 9.15 Å². The molecule has 1 amide bonds. The SMILES string of the molecule is O=C(N/N=C\c1cc([N+](=O)[O-])ccc1Cl)c1ccc(COc2ccccc2)o1. The van der Waals surface area contributed by atoms with Gasteiger partial charge in [-0.2, -0.15) is 5.10 Å². The van der Waals surface area contributed by atoms with E-state index in [2.05, 4.69) is 10.5 Å². The predicted molar refractivity (Wildman–Crippen MR) is 103 cm³/mol. The fraction of sp³-hybridized carbons (Fsp3) is 0.0526. The van der Waals surface area contributed by atoms with E-state index in [1.807, 2.05) is 30.3 Å². The molecule has 3 rings (SSSR count). The van der Waals surface area contributed by atoms with E-state index in [0.29, 0.717) is 17.1 Å². The van der Waals surface area contributed by atoms with E-state index < -0.39 is 10.8 Å². The molecule has 0 aliphatic carbocycles. The Hall–Kier alpha value is -3.65. The van der Waals surface area contributed by atoms with Gasteiger partial charge in [-0.25, -0.2) is 5.43 Å². The third kappa shape index (κ3) is 4.95. The summed E-state index contributed by atoms with van der Waals surface area (Å²) in [6.45, 7) is 0.170. The van der Waals surface area contributed by atoms with Crippen molar-refractivity contribution in [3.8, 4) is 5.75 Å². The van der Waals surface area contributed by atoms with Crippen molar-refractivity contribution in [3.05, 3.63) is 92.9 Å². The van der Waals surface area contributed by atoms with E-state index in [9.17, 15) is 14.9 Å². The van der Waals surface area contributed by atoms with Gasteiger partial charge in [-0.05, 0) is 30.3 Å². The summed E-state index contributed by atoms with van der Waals surface area (Å²) in [6.07, 6.45) is 1.22. The summed E-state index contributed by atoms with van der Waals surface area (Å²) >= 11 is 5.96. The number of non-ortho nitro benzene ring substituents is 1. The lowest BCUT2D eigenvalue weighted by Gasteiger charge is -2.03. The molecule has 0 spiro atoms. The zero-order valence-corrected chi connectivity index (χ0v) is 15.1. The number of nitrogens with zero attached hydrogens (tertiary/aromatic N) is 2. The van der Waals surface area contributed by atoms with Crippen molar-refractivity contribution in [2.75, 3.05) is 0 Å². The summed E-state index contributed by atoms with van der Waals surface area (Å²) in [4.78, 5) is 22.3. The first-order chi connectivity index (χ1) is 13.5. The number of nitro benzene ring substituents is 1. The first-order valence-corrected chi connectivity index (χ1v) is 8.44. The molecular formula is C19H14ClN3O5. The van der Waals surface area contributed by atoms with E-state index >= 15 is 0 Å². The van der Waals surface area contributed by atoms with Crippen LogP contribution in [0.4, 0.5) is 5.69 Å². The number of carbonyl (C=O) groups is 1. The summed E-state index contributed by atoms with van der Waals surface area (Å²) in [5, 5.41) is 14.8. The Morgan fingerprint density at radius 3 is 2.75 bits per heavy atom. The highest BCUT2D eigenvalue weighted by Gasteiger charge is 2.12. The molecule has 142 valence electrons. The van der Waals surface area contributed by atoms with Crippen molar-refractivity contribution in [3.63, 3.8) is 0 Å². The van der Waals surface area contributed by atoms with Crippen molar-refractivity contribution < 1.29 is 18.9 Å². The third-order valence-electron chi connectivity index (χ3n) is 3.57. The maximum absolute atomic E-state index is 12.1. The molecule has 0 saturated heterocycles. The number of ether oxygens (including phenoxy) is 1. The number of hydrogen-bond acceptors (Lipinski definition) is 6. The predicted octanol–water partition coefficient (Wildman–Crippen LogP) is 4.18. The van der Waals surface area contributed by atoms with Gasteiger partial charge in [0, 0.05) is 22.7 Å². The van der Waals surface area contributed by atoms with Crippen molar-refractivity contribution in [2.24, 2.45) is 5.10 Å². The van der Waals surface area contributed by atoms with Crippen LogP contribution < -0.4 is 10.2 Å². The fourth-order valence-corrected chi connectivity index (χ4v) is 2.37. The fourth-order valence-electron chi connectivity index (χ4n) is 2.21. The number of rotatable bonds is 7. The number of amides is 1. The van der Waals surface area contributed by atoms with Crippen LogP contribution >= 0.6 is 11.6 Å². The van der Waals surface area contributed by atoms with Crippen LogP contribution in [0.25, 0.3) is 0 Å². The van der Waals surface area contributed by atoms with E-state index in [4.69, 9.17) is 20.8 Å². The minimum Gasteiger partial charge on any atom is -0.486 e. The van der Waals surface area contributed by atoms with Crippen LogP contribution in [0.3, 0.4) is 0 Å². The summed E-state index contributed by atoms with van der Waals surface area (Å²) in [7, 11) is 0. The monoisotopic (exact) mass is 399 g/mol. The second-order valence-corrected chi connectivity index (χ2v) is 5.94. The Labute approximate surface area is 164 Å². The van der Waals surface area contributed by atoms with Gasteiger partial charge in [0.25, 0.3) is 5.69 Å². The zero-order chi connectivity index (χ0) is 19.9. The summed E-state index contributed by atoms with van der Waals surface area (Å²) in [5.41, 5.74) is 2.44. The number of hydrogen-bond donors (Lipinski definition) is 1. The van der Waals surface area contributed by atoms with Gasteiger partial charge in [-0.3, -0.25) is 14.9 Å². The van der Waals surface area contributed by atoms with Crippen molar-refractivity contribution in [1.29, 1.82) is 0 Å². The van der Waals surface area contributed by atoms with Crippen LogP contribution in [0, 0.1) is 10.1 Å². The molecule has 0 unspecified atom stereocenters. The van der Waals surface area contributed by atoms with Gasteiger partial charge >= 0.3 is 5.91 Å². The molecule has 1 N–H and O–H groups in total. The summed E-state index contributed by atoms with van der Waals surface area (Å²) in [5.74, 6) is 0.626. The van der Waals surface area contributed by atoms with Crippen LogP contribution in [0.15, 0.2) is 70.2 Å². The van der Waals surface area contributed by atoms with Gasteiger partial charge in [-0.1, -0.05) is 29.8 Å². The average Bonchev–Trinajstić information content (AvgIpc) is 3.17. The van der Waals surface area contributed by atoms with Crippen LogP contribution in [-0.4, -0.2) is 17.0 Å². The largest absolute Gasteiger partial charge is 0.486 e. The van der Waals surface area contributed by atoms with Gasteiger partial charge in [0.2, 0.25) is 0 Å². The van der Waals surface area contributed by atoms with Crippen LogP contribution in [0.2, 0.25) is 5.02 Å². The quantitative estimate of drug-likeness (QED) is 0.364. The normalized spacial score (nSPS) is 10.8. The Morgan fingerprint density at radius 2 is 2.00 bits per heavy atom. The Morgan fingerprint density at radius 1 is 1.21 bits per heavy atom. The number of nitrogens with one attached hydrogen (secondary N) is 1. The topological polar surface area (TPSA) is 107 Å². The molecule has 1 heterocycles. The van der Waals surface area contributed by atoms with Gasteiger partial charge in [0.15, 0.2) is 5.76 Å². The van der Waals surface area contributed by atoms with Gasteiger partial charge in [0.1, 0.15) is 18.1 Å². The lowest BCUT2D eigenvalue weighted by molar-refractivity contribution is -0.384. The number of furan rings is 1. The molecule has 0 aliphatic heterocycles. The molecule has 0 bridgehead atoms. The second-order valence-electron chi connectivity index (χ2n) is 5.53. The van der Waals surface area contributed by atoms with Crippen LogP contribution in [-0.2, 0) is 6.61 Å². The summed E-state index contributed by atoms with van der Waals surface area (Å²) in [6, 6.07) is 16.2. The van der Waals surface area contributed by atoms with E-state index in [-0.39, 0.29) is 23.1 Å². The first-order valence-electron chi connectivity index (χ1n) is 8.07. The molecule has 8 nitrogen and oxygen atoms in total. The maximum atomic E-state index is 12.1. The number of para-hydroxylation sites is 1. The molecule has 3 aromatic rings. The average molecular weight is 400 g/mol. The molecule has 0 saturated carbocycles. The Balaban J connectivity index is 1.58. The number of hydrazone groups is 1. The Bertz CT molecular complexity index is 1020. The van der Waals surface area contributed by atoms with E-state index in [1.165, 1.54) is 30.5 Å². The molecule has 9 heteroatoms. The smallest absolute Gasteiger partial charge is 0.307 e. The molecule has 0 atom stereocenters. The standard InChI is InChI=1S/C19H14ClN3O5/c20-17-8-6-14(23(25)26)10-13(17)11-21-22-19(24)18-9-7-16(28-18)12-27-15-4-2-1-3-5-15/h1-11H,12H2,(H,22,24)/b21-11-. The van der Waals surface area contributed by atoms with Crippen molar-refractivity contribution in [2.45, 2.75) is 6.61 Å². The summed E-state index contributed by atoms with van der Waals surface area (Å²) < 4.78 is 11.0. The molecule has 0 radical (unpaired) electrons. The second kappa shape index (κ2) is 8.83. The van der Waals surface area contributed by atoms with Crippen LogP contribution in [0.1, 0.15) is 21.9 Å². The molecular weight excluding hydrogens is 386 g/mol.